The van der Waals surface area contributed by atoms with Crippen molar-refractivity contribution in [2.75, 3.05) is 13.1 Å². The third-order valence-corrected chi connectivity index (χ3v) is 5.52. The van der Waals surface area contributed by atoms with E-state index >= 15 is 0 Å². The lowest BCUT2D eigenvalue weighted by Gasteiger charge is -2.19. The van der Waals surface area contributed by atoms with Crippen molar-refractivity contribution in [2.24, 2.45) is 0 Å². The molecule has 1 fully saturated rings. The fourth-order valence-electron chi connectivity index (χ4n) is 3.74. The highest BCUT2D eigenvalue weighted by Gasteiger charge is 2.23. The third-order valence-electron chi connectivity index (χ3n) is 5.29. The third kappa shape index (κ3) is 4.90. The van der Waals surface area contributed by atoms with E-state index in [0.29, 0.717) is 10.6 Å². The quantitative estimate of drug-likeness (QED) is 0.262. The van der Waals surface area contributed by atoms with E-state index in [9.17, 15) is 4.79 Å². The molecule has 0 unspecified atom stereocenters. The molecule has 0 aromatic heterocycles. The maximum atomic E-state index is 13.5. The molecular weight excluding hydrogens is 390 g/mol. The minimum Gasteiger partial charge on any atom is -0.339 e. The summed E-state index contributed by atoms with van der Waals surface area (Å²) in [5.74, 6) is 0.0599. The summed E-state index contributed by atoms with van der Waals surface area (Å²) in [7, 11) is 0. The van der Waals surface area contributed by atoms with Gasteiger partial charge >= 0.3 is 0 Å². The molecule has 1 saturated heterocycles. The van der Waals surface area contributed by atoms with Gasteiger partial charge in [0.15, 0.2) is 0 Å². The molecule has 3 aromatic carbocycles. The molecule has 1 amide bonds. The van der Waals surface area contributed by atoms with Gasteiger partial charge in [-0.05, 0) is 59.4 Å². The first kappa shape index (κ1) is 20.2. The Morgan fingerprint density at radius 1 is 0.800 bits per heavy atom. The molecule has 0 saturated carbocycles. The Bertz CT molecular complexity index is 1060. The van der Waals surface area contributed by atoms with Gasteiger partial charge in [-0.1, -0.05) is 84.4 Å². The van der Waals surface area contributed by atoms with Gasteiger partial charge in [0, 0.05) is 23.7 Å². The first-order valence-electron chi connectivity index (χ1n) is 10.3. The minimum absolute atomic E-state index is 0.0599. The van der Waals surface area contributed by atoms with Crippen LogP contribution in [0.2, 0.25) is 5.02 Å². The molecule has 0 atom stereocenters. The van der Waals surface area contributed by atoms with Crippen LogP contribution < -0.4 is 0 Å². The average molecular weight is 414 g/mol. The van der Waals surface area contributed by atoms with Crippen LogP contribution in [0.4, 0.5) is 0 Å². The van der Waals surface area contributed by atoms with Crippen molar-refractivity contribution < 1.29 is 4.79 Å². The molecule has 1 heterocycles. The Morgan fingerprint density at radius 3 is 2.10 bits per heavy atom. The first-order chi connectivity index (χ1) is 14.7. The van der Waals surface area contributed by atoms with Crippen molar-refractivity contribution in [3.63, 3.8) is 0 Å². The van der Waals surface area contributed by atoms with Crippen molar-refractivity contribution in [1.82, 2.24) is 4.90 Å². The standard InChI is InChI=1S/C27H24ClNO/c28-25-15-9-14-23(19-25)26(27(30)29-16-7-8-17-29)20-24(22-12-5-2-6-13-22)18-21-10-3-1-4-11-21/h1-6,9-15,18-20H,7-8,16-17H2/b24-18-,26-20-. The molecule has 3 heteroatoms. The number of benzene rings is 3. The number of allylic oxidation sites excluding steroid dienone is 2. The lowest BCUT2D eigenvalue weighted by atomic mass is 9.96. The van der Waals surface area contributed by atoms with Crippen molar-refractivity contribution in [3.8, 4) is 0 Å². The number of carbonyl (C=O) groups is 1. The van der Waals surface area contributed by atoms with Crippen LogP contribution in [-0.2, 0) is 4.79 Å². The van der Waals surface area contributed by atoms with Crippen molar-refractivity contribution in [2.45, 2.75) is 12.8 Å². The first-order valence-corrected chi connectivity index (χ1v) is 10.7. The second-order valence-electron chi connectivity index (χ2n) is 7.44. The SMILES string of the molecule is O=C(/C(=C\C(=C\c1ccccc1)c1ccccc1)c1cccc(Cl)c1)N1CCCC1. The van der Waals surface area contributed by atoms with Gasteiger partial charge < -0.3 is 4.90 Å². The van der Waals surface area contributed by atoms with Crippen LogP contribution in [0.3, 0.4) is 0 Å². The number of rotatable bonds is 5. The van der Waals surface area contributed by atoms with E-state index in [1.54, 1.807) is 0 Å². The molecule has 150 valence electrons. The summed E-state index contributed by atoms with van der Waals surface area (Å²) in [6, 6.07) is 27.9. The van der Waals surface area contributed by atoms with Gasteiger partial charge in [0.05, 0.1) is 0 Å². The van der Waals surface area contributed by atoms with Gasteiger partial charge in [-0.15, -0.1) is 0 Å². The molecule has 4 rings (SSSR count). The number of hydrogen-bond donors (Lipinski definition) is 0. The summed E-state index contributed by atoms with van der Waals surface area (Å²) in [5, 5.41) is 0.626. The predicted octanol–water partition coefficient (Wildman–Crippen LogP) is 6.59. The van der Waals surface area contributed by atoms with E-state index in [1.807, 2.05) is 71.6 Å². The number of hydrogen-bond acceptors (Lipinski definition) is 1. The van der Waals surface area contributed by atoms with Gasteiger partial charge in [0.2, 0.25) is 0 Å². The summed E-state index contributed by atoms with van der Waals surface area (Å²) >= 11 is 6.27. The Labute approximate surface area is 183 Å². The van der Waals surface area contributed by atoms with Crippen molar-refractivity contribution >= 4 is 34.7 Å². The van der Waals surface area contributed by atoms with Crippen LogP contribution in [0.5, 0.6) is 0 Å². The highest BCUT2D eigenvalue weighted by Crippen LogP contribution is 2.28. The lowest BCUT2D eigenvalue weighted by Crippen LogP contribution is -2.28. The normalized spacial score (nSPS) is 14.8. The zero-order chi connectivity index (χ0) is 20.8. The number of likely N-dealkylation sites (tertiary alicyclic amines) is 1. The fourth-order valence-corrected chi connectivity index (χ4v) is 3.93. The number of halogens is 1. The molecule has 0 radical (unpaired) electrons. The molecule has 0 spiro atoms. The summed E-state index contributed by atoms with van der Waals surface area (Å²) in [4.78, 5) is 15.4. The molecule has 2 nitrogen and oxygen atoms in total. The maximum absolute atomic E-state index is 13.5. The smallest absolute Gasteiger partial charge is 0.254 e. The molecule has 0 aliphatic carbocycles. The van der Waals surface area contributed by atoms with Crippen molar-refractivity contribution in [1.29, 1.82) is 0 Å². The van der Waals surface area contributed by atoms with Crippen molar-refractivity contribution in [3.05, 3.63) is 113 Å². The summed E-state index contributed by atoms with van der Waals surface area (Å²) in [6.07, 6.45) is 6.24. The Hall–Kier alpha value is -3.10. The maximum Gasteiger partial charge on any atom is 0.254 e. The van der Waals surface area contributed by atoms with E-state index in [2.05, 4.69) is 30.3 Å². The van der Waals surface area contributed by atoms with Crippen LogP contribution in [0, 0.1) is 0 Å². The average Bonchev–Trinajstić information content (AvgIpc) is 3.32. The summed E-state index contributed by atoms with van der Waals surface area (Å²) in [5.41, 5.74) is 4.66. The van der Waals surface area contributed by atoms with Gasteiger partial charge in [-0.2, -0.15) is 0 Å². The lowest BCUT2D eigenvalue weighted by molar-refractivity contribution is -0.124. The second kappa shape index (κ2) is 9.60. The van der Waals surface area contributed by atoms with E-state index in [-0.39, 0.29) is 5.91 Å². The molecule has 0 bridgehead atoms. The molecule has 0 N–H and O–H groups in total. The molecule has 1 aliphatic heterocycles. The highest BCUT2D eigenvalue weighted by molar-refractivity contribution is 6.31. The van der Waals surface area contributed by atoms with Gasteiger partial charge in [0.25, 0.3) is 5.91 Å². The van der Waals surface area contributed by atoms with Crippen LogP contribution in [0.15, 0.2) is 91.0 Å². The molecule has 1 aliphatic rings. The minimum atomic E-state index is 0.0599. The van der Waals surface area contributed by atoms with E-state index in [1.165, 1.54) is 0 Å². The van der Waals surface area contributed by atoms with Gasteiger partial charge in [-0.25, -0.2) is 0 Å². The fraction of sp³-hybridized carbons (Fsp3) is 0.148. The number of amides is 1. The highest BCUT2D eigenvalue weighted by atomic mass is 35.5. The van der Waals surface area contributed by atoms with Crippen LogP contribution in [-0.4, -0.2) is 23.9 Å². The van der Waals surface area contributed by atoms with Gasteiger partial charge in [0.1, 0.15) is 0 Å². The number of nitrogens with zero attached hydrogens (tertiary/aromatic N) is 1. The Morgan fingerprint density at radius 2 is 1.43 bits per heavy atom. The predicted molar refractivity (Wildman–Crippen MR) is 126 cm³/mol. The summed E-state index contributed by atoms with van der Waals surface area (Å²) < 4.78 is 0. The molecule has 30 heavy (non-hydrogen) atoms. The molecular formula is C27H24ClNO. The van der Waals surface area contributed by atoms with Crippen LogP contribution in [0.1, 0.15) is 29.5 Å². The van der Waals surface area contributed by atoms with E-state index in [0.717, 1.165) is 48.2 Å². The van der Waals surface area contributed by atoms with Gasteiger partial charge in [-0.3, -0.25) is 4.79 Å². The zero-order valence-electron chi connectivity index (χ0n) is 16.8. The largest absolute Gasteiger partial charge is 0.339 e. The summed E-state index contributed by atoms with van der Waals surface area (Å²) in [6.45, 7) is 1.61. The second-order valence-corrected chi connectivity index (χ2v) is 7.88. The topological polar surface area (TPSA) is 20.3 Å². The molecule has 3 aromatic rings. The number of carbonyl (C=O) groups excluding carboxylic acids is 1. The van der Waals surface area contributed by atoms with E-state index < -0.39 is 0 Å². The van der Waals surface area contributed by atoms with Crippen LogP contribution >= 0.6 is 11.6 Å². The zero-order valence-corrected chi connectivity index (χ0v) is 17.6. The van der Waals surface area contributed by atoms with E-state index in [4.69, 9.17) is 11.6 Å². The Kier molecular flexibility index (Phi) is 6.46. The monoisotopic (exact) mass is 413 g/mol. The Balaban J connectivity index is 1.85. The van der Waals surface area contributed by atoms with Crippen LogP contribution in [0.25, 0.3) is 17.2 Å².